The van der Waals surface area contributed by atoms with Crippen LogP contribution in [0, 0.1) is 0 Å². The van der Waals surface area contributed by atoms with E-state index in [9.17, 15) is 10.0 Å². The number of carbonyl (C=O) groups excluding carboxylic acids is 1. The Bertz CT molecular complexity index is 524. The molecule has 0 bridgehead atoms. The third-order valence-corrected chi connectivity index (χ3v) is 2.79. The third-order valence-electron chi connectivity index (χ3n) is 2.79. The van der Waals surface area contributed by atoms with Crippen molar-refractivity contribution in [3.63, 3.8) is 0 Å². The largest absolute Gasteiger partial charge is 0.289 e. The average Bonchev–Trinajstić information content (AvgIpc) is 2.41. The second kappa shape index (κ2) is 5.47. The molecule has 0 heterocycles. The molecule has 1 N–H and O–H groups in total. The lowest BCUT2D eigenvalue weighted by molar-refractivity contribution is -0.111. The van der Waals surface area contributed by atoms with Gasteiger partial charge in [0.05, 0.1) is 5.69 Å². The Labute approximate surface area is 106 Å². The molecule has 0 spiro atoms. The molecule has 92 valence electrons. The zero-order valence-corrected chi connectivity index (χ0v) is 10.2. The third kappa shape index (κ3) is 2.76. The lowest BCUT2D eigenvalue weighted by Crippen LogP contribution is -2.13. The van der Waals surface area contributed by atoms with E-state index < -0.39 is 0 Å². The predicted octanol–water partition coefficient (Wildman–Crippen LogP) is 3.02. The Morgan fingerprint density at radius 3 is 2.44 bits per heavy atom. The van der Waals surface area contributed by atoms with Gasteiger partial charge in [-0.05, 0) is 36.3 Å². The molecule has 0 saturated heterocycles. The Hall–Kier alpha value is -2.13. The fourth-order valence-electron chi connectivity index (χ4n) is 1.68. The summed E-state index contributed by atoms with van der Waals surface area (Å²) >= 11 is 0. The van der Waals surface area contributed by atoms with Crippen molar-refractivity contribution in [1.29, 1.82) is 0 Å². The van der Waals surface area contributed by atoms with E-state index >= 15 is 0 Å². The van der Waals surface area contributed by atoms with Gasteiger partial charge in [-0.3, -0.25) is 10.0 Å². The summed E-state index contributed by atoms with van der Waals surface area (Å²) in [6.45, 7) is 2.07. The summed E-state index contributed by atoms with van der Waals surface area (Å²) in [6.07, 6.45) is 8.96. The number of carbonyl (C=O) groups is 1. The lowest BCUT2D eigenvalue weighted by atomic mass is 10.1. The van der Waals surface area contributed by atoms with Crippen LogP contribution < -0.4 is 5.06 Å². The molecule has 1 aliphatic rings. The molecule has 1 aromatic rings. The standard InChI is InChI=1S/C15H15NO2/c1-2-12-7-9-14(10-8-12)16(18)11-13-5-3-4-6-15(13)17/h3-11,18H,2H2,1H3/b13-11-. The number of rotatable bonds is 3. The fourth-order valence-corrected chi connectivity index (χ4v) is 1.68. The van der Waals surface area contributed by atoms with Crippen molar-refractivity contribution in [3.8, 4) is 0 Å². The summed E-state index contributed by atoms with van der Waals surface area (Å²) in [4.78, 5) is 11.5. The van der Waals surface area contributed by atoms with Crippen molar-refractivity contribution in [2.45, 2.75) is 13.3 Å². The van der Waals surface area contributed by atoms with Crippen molar-refractivity contribution in [1.82, 2.24) is 0 Å². The lowest BCUT2D eigenvalue weighted by Gasteiger charge is -2.14. The molecule has 1 aromatic carbocycles. The van der Waals surface area contributed by atoms with Crippen LogP contribution in [-0.4, -0.2) is 11.0 Å². The summed E-state index contributed by atoms with van der Waals surface area (Å²) in [5.41, 5.74) is 2.30. The number of hydroxylamine groups is 1. The minimum absolute atomic E-state index is 0.110. The van der Waals surface area contributed by atoms with Crippen LogP contribution in [0.5, 0.6) is 0 Å². The molecular weight excluding hydrogens is 226 g/mol. The molecule has 0 amide bonds. The number of ketones is 1. The first-order valence-electron chi connectivity index (χ1n) is 5.88. The van der Waals surface area contributed by atoms with Gasteiger partial charge in [0.1, 0.15) is 0 Å². The van der Waals surface area contributed by atoms with Crippen LogP contribution in [0.4, 0.5) is 5.69 Å². The summed E-state index contributed by atoms with van der Waals surface area (Å²) in [5, 5.41) is 10.9. The summed E-state index contributed by atoms with van der Waals surface area (Å²) < 4.78 is 0. The molecule has 0 aliphatic heterocycles. The molecule has 3 nitrogen and oxygen atoms in total. The number of anilines is 1. The van der Waals surface area contributed by atoms with Gasteiger partial charge < -0.3 is 0 Å². The van der Waals surface area contributed by atoms with E-state index in [1.54, 1.807) is 18.2 Å². The molecule has 0 fully saturated rings. The Balaban J connectivity index is 2.18. The zero-order valence-electron chi connectivity index (χ0n) is 10.2. The first-order chi connectivity index (χ1) is 8.70. The minimum Gasteiger partial charge on any atom is -0.289 e. The highest BCUT2D eigenvalue weighted by atomic mass is 16.5. The number of hydrogen-bond donors (Lipinski definition) is 1. The van der Waals surface area contributed by atoms with Crippen molar-refractivity contribution in [2.75, 3.05) is 5.06 Å². The number of allylic oxidation sites excluding steroid dienone is 5. The van der Waals surface area contributed by atoms with Crippen LogP contribution in [0.25, 0.3) is 0 Å². The Morgan fingerprint density at radius 2 is 1.83 bits per heavy atom. The first kappa shape index (κ1) is 12.3. The van der Waals surface area contributed by atoms with Crippen LogP contribution >= 0.6 is 0 Å². The van der Waals surface area contributed by atoms with Crippen molar-refractivity contribution < 1.29 is 10.0 Å². The summed E-state index contributed by atoms with van der Waals surface area (Å²) in [5.74, 6) is -0.110. The minimum atomic E-state index is -0.110. The van der Waals surface area contributed by atoms with Crippen molar-refractivity contribution in [2.24, 2.45) is 0 Å². The smallest absolute Gasteiger partial charge is 0.187 e. The molecule has 0 atom stereocenters. The zero-order chi connectivity index (χ0) is 13.0. The quantitative estimate of drug-likeness (QED) is 0.653. The van der Waals surface area contributed by atoms with Gasteiger partial charge in [0.25, 0.3) is 0 Å². The Kier molecular flexibility index (Phi) is 3.75. The Morgan fingerprint density at radius 1 is 1.17 bits per heavy atom. The summed E-state index contributed by atoms with van der Waals surface area (Å²) in [6, 6.07) is 7.55. The van der Waals surface area contributed by atoms with Gasteiger partial charge in [-0.1, -0.05) is 31.2 Å². The van der Waals surface area contributed by atoms with Crippen LogP contribution in [0.2, 0.25) is 0 Å². The van der Waals surface area contributed by atoms with Gasteiger partial charge in [0.15, 0.2) is 5.78 Å². The number of benzene rings is 1. The van der Waals surface area contributed by atoms with Crippen molar-refractivity contribution in [3.05, 3.63) is 65.9 Å². The van der Waals surface area contributed by atoms with Crippen LogP contribution in [0.1, 0.15) is 12.5 Å². The van der Waals surface area contributed by atoms with E-state index in [1.165, 1.54) is 17.8 Å². The van der Waals surface area contributed by atoms with Gasteiger partial charge in [0.2, 0.25) is 0 Å². The van der Waals surface area contributed by atoms with Gasteiger partial charge in [-0.25, -0.2) is 5.06 Å². The maximum absolute atomic E-state index is 11.5. The van der Waals surface area contributed by atoms with Gasteiger partial charge >= 0.3 is 0 Å². The number of hydrogen-bond acceptors (Lipinski definition) is 3. The van der Waals surface area contributed by atoms with E-state index in [1.807, 2.05) is 24.3 Å². The molecular formula is C15H15NO2. The highest BCUT2D eigenvalue weighted by molar-refractivity contribution is 6.07. The normalized spacial score (nSPS) is 16.3. The summed E-state index contributed by atoms with van der Waals surface area (Å²) in [7, 11) is 0. The van der Waals surface area contributed by atoms with Gasteiger partial charge in [-0.15, -0.1) is 0 Å². The maximum atomic E-state index is 11.5. The van der Waals surface area contributed by atoms with E-state index in [4.69, 9.17) is 0 Å². The highest BCUT2D eigenvalue weighted by Crippen LogP contribution is 2.16. The van der Waals surface area contributed by atoms with E-state index in [2.05, 4.69) is 6.92 Å². The molecule has 0 aromatic heterocycles. The van der Waals surface area contributed by atoms with Gasteiger partial charge in [-0.2, -0.15) is 0 Å². The predicted molar refractivity (Wildman–Crippen MR) is 71.5 cm³/mol. The average molecular weight is 241 g/mol. The fraction of sp³-hybridized carbons (Fsp3) is 0.133. The molecule has 0 saturated carbocycles. The highest BCUT2D eigenvalue weighted by Gasteiger charge is 2.08. The van der Waals surface area contributed by atoms with Crippen LogP contribution in [0.3, 0.4) is 0 Å². The van der Waals surface area contributed by atoms with E-state index in [0.717, 1.165) is 11.5 Å². The molecule has 18 heavy (non-hydrogen) atoms. The van der Waals surface area contributed by atoms with Crippen LogP contribution in [-0.2, 0) is 11.2 Å². The van der Waals surface area contributed by atoms with Crippen LogP contribution in [0.15, 0.2) is 60.3 Å². The number of aryl methyl sites for hydroxylation is 1. The number of nitrogens with zero attached hydrogens (tertiary/aromatic N) is 1. The van der Waals surface area contributed by atoms with Crippen molar-refractivity contribution >= 4 is 11.5 Å². The van der Waals surface area contributed by atoms with Gasteiger partial charge in [0, 0.05) is 11.8 Å². The second-order valence-corrected chi connectivity index (χ2v) is 4.03. The topological polar surface area (TPSA) is 40.5 Å². The molecule has 0 unspecified atom stereocenters. The maximum Gasteiger partial charge on any atom is 0.187 e. The molecule has 1 aliphatic carbocycles. The molecule has 0 radical (unpaired) electrons. The van der Waals surface area contributed by atoms with E-state index in [0.29, 0.717) is 11.3 Å². The molecule has 3 heteroatoms. The SMILES string of the molecule is CCc1ccc(N(O)/C=C2/C=CC=CC2=O)cc1. The first-order valence-corrected chi connectivity index (χ1v) is 5.88. The monoisotopic (exact) mass is 241 g/mol. The second-order valence-electron chi connectivity index (χ2n) is 4.03. The van der Waals surface area contributed by atoms with E-state index in [-0.39, 0.29) is 5.78 Å². The molecule has 2 rings (SSSR count).